The van der Waals surface area contributed by atoms with E-state index >= 15 is 0 Å². The number of phenols is 2. The summed E-state index contributed by atoms with van der Waals surface area (Å²) in [6.07, 6.45) is 2.74. The number of ether oxygens (including phenoxy) is 1. The number of allylic oxidation sites excluding steroid dienone is 1. The van der Waals surface area contributed by atoms with Gasteiger partial charge in [0.15, 0.2) is 21.4 Å². The van der Waals surface area contributed by atoms with E-state index in [0.717, 1.165) is 6.26 Å². The van der Waals surface area contributed by atoms with E-state index in [0.29, 0.717) is 22.6 Å². The zero-order valence-electron chi connectivity index (χ0n) is 19.6. The van der Waals surface area contributed by atoms with Crippen molar-refractivity contribution >= 4 is 27.5 Å². The van der Waals surface area contributed by atoms with Crippen molar-refractivity contribution < 1.29 is 33.0 Å². The number of carbonyl (C=O) groups is 2. The van der Waals surface area contributed by atoms with E-state index in [1.165, 1.54) is 30.7 Å². The quantitative estimate of drug-likeness (QED) is 0.529. The minimum atomic E-state index is -3.38. The first-order valence-corrected chi connectivity index (χ1v) is 12.6. The van der Waals surface area contributed by atoms with Crippen molar-refractivity contribution in [3.63, 3.8) is 0 Å². The lowest BCUT2D eigenvalue weighted by Crippen LogP contribution is -2.36. The van der Waals surface area contributed by atoms with Crippen LogP contribution in [0.15, 0.2) is 34.9 Å². The van der Waals surface area contributed by atoms with Gasteiger partial charge in [0, 0.05) is 17.9 Å². The second-order valence-electron chi connectivity index (χ2n) is 9.05. The molecule has 180 valence electrons. The fourth-order valence-corrected chi connectivity index (χ4v) is 5.45. The number of aromatic hydroxyl groups is 2. The molecular formula is C25H22N2O7S. The van der Waals surface area contributed by atoms with Gasteiger partial charge >= 0.3 is 0 Å². The summed E-state index contributed by atoms with van der Waals surface area (Å²) in [5.74, 6) is -1.42. The number of Topliss-reactive ketones (excluding diaryl/α,β-unsaturated/α-hetero) is 2. The summed E-state index contributed by atoms with van der Waals surface area (Å²) in [5, 5.41) is 26.0. The number of ketones is 2. The van der Waals surface area contributed by atoms with E-state index in [9.17, 15) is 28.2 Å². The number of hydrogen-bond donors (Lipinski definition) is 2. The van der Waals surface area contributed by atoms with Crippen LogP contribution in [0.1, 0.15) is 57.1 Å². The molecule has 0 unspecified atom stereocenters. The fourth-order valence-electron chi connectivity index (χ4n) is 4.82. The summed E-state index contributed by atoms with van der Waals surface area (Å²) in [6.45, 7) is 6.02. The van der Waals surface area contributed by atoms with Gasteiger partial charge in [-0.2, -0.15) is 5.10 Å². The number of aromatic nitrogens is 2. The molecule has 2 N–H and O–H groups in total. The molecule has 0 radical (unpaired) electrons. The van der Waals surface area contributed by atoms with Gasteiger partial charge in [-0.3, -0.25) is 9.59 Å². The van der Waals surface area contributed by atoms with E-state index in [2.05, 4.69) is 5.10 Å². The number of nitrogens with zero attached hydrogens (tertiary/aromatic N) is 2. The lowest BCUT2D eigenvalue weighted by Gasteiger charge is -2.27. The maximum absolute atomic E-state index is 14.0. The molecule has 1 aliphatic carbocycles. The highest BCUT2D eigenvalue weighted by Crippen LogP contribution is 2.58. The van der Waals surface area contributed by atoms with Crippen molar-refractivity contribution in [2.45, 2.75) is 38.0 Å². The van der Waals surface area contributed by atoms with Crippen LogP contribution < -0.4 is 4.74 Å². The summed E-state index contributed by atoms with van der Waals surface area (Å²) in [7, 11) is -3.38. The van der Waals surface area contributed by atoms with Gasteiger partial charge in [0.2, 0.25) is 0 Å². The first-order valence-electron chi connectivity index (χ1n) is 10.7. The number of fused-ring (bicyclic) bond motifs is 4. The summed E-state index contributed by atoms with van der Waals surface area (Å²) in [6, 6.07) is 6.09. The molecule has 2 aliphatic rings. The predicted octanol–water partition coefficient (Wildman–Crippen LogP) is 3.39. The number of carbonyl (C=O) groups excluding carboxylic acids is 2. The maximum atomic E-state index is 14.0. The van der Waals surface area contributed by atoms with Crippen LogP contribution in [0.25, 0.3) is 11.8 Å². The first kappa shape index (κ1) is 22.9. The second kappa shape index (κ2) is 7.05. The van der Waals surface area contributed by atoms with Crippen molar-refractivity contribution in [3.05, 3.63) is 63.7 Å². The highest BCUT2D eigenvalue weighted by molar-refractivity contribution is 7.90. The van der Waals surface area contributed by atoms with Crippen LogP contribution in [0.2, 0.25) is 0 Å². The number of phenolic OH excluding ortho intramolecular Hbond substituents is 2. The Kier molecular flexibility index (Phi) is 4.60. The lowest BCUT2D eigenvalue weighted by molar-refractivity contribution is 0.0905. The SMILES string of the molecule is CC(=O)c1c(O)c(C)c(O)c2c1OC1=Cc3c(c(C)nn3-c3ccc(S(C)(=O)=O)cc3)C(=O)[C@@]12C. The molecule has 0 saturated heterocycles. The molecule has 1 aromatic heterocycles. The number of benzene rings is 2. The topological polar surface area (TPSA) is 136 Å². The van der Waals surface area contributed by atoms with Gasteiger partial charge in [0.25, 0.3) is 0 Å². The third-order valence-electron chi connectivity index (χ3n) is 6.75. The Morgan fingerprint density at radius 2 is 1.74 bits per heavy atom. The zero-order valence-corrected chi connectivity index (χ0v) is 20.4. The third-order valence-corrected chi connectivity index (χ3v) is 7.88. The van der Waals surface area contributed by atoms with Crippen LogP contribution in [-0.2, 0) is 15.3 Å². The third kappa shape index (κ3) is 2.92. The average Bonchev–Trinajstić information content (AvgIpc) is 3.26. The number of hydrogen-bond acceptors (Lipinski definition) is 8. The van der Waals surface area contributed by atoms with Crippen molar-refractivity contribution in [2.75, 3.05) is 6.26 Å². The minimum absolute atomic E-state index is 0.0416. The molecule has 2 heterocycles. The summed E-state index contributed by atoms with van der Waals surface area (Å²) in [5.41, 5.74) is 0.377. The molecule has 35 heavy (non-hydrogen) atoms. The fraction of sp³-hybridized carbons (Fsp3) is 0.240. The zero-order chi connectivity index (χ0) is 25.6. The Morgan fingerprint density at radius 3 is 2.31 bits per heavy atom. The molecular weight excluding hydrogens is 472 g/mol. The molecule has 1 atom stereocenters. The van der Waals surface area contributed by atoms with Gasteiger partial charge < -0.3 is 14.9 Å². The van der Waals surface area contributed by atoms with Crippen LogP contribution in [-0.4, -0.2) is 46.2 Å². The van der Waals surface area contributed by atoms with E-state index in [4.69, 9.17) is 4.74 Å². The van der Waals surface area contributed by atoms with Crippen LogP contribution in [0.3, 0.4) is 0 Å². The second-order valence-corrected chi connectivity index (χ2v) is 11.1. The number of aryl methyl sites for hydroxylation is 1. The van der Waals surface area contributed by atoms with Gasteiger partial charge in [0.1, 0.15) is 34.0 Å². The maximum Gasteiger partial charge on any atom is 0.185 e. The normalized spacial score (nSPS) is 18.4. The van der Waals surface area contributed by atoms with E-state index in [1.54, 1.807) is 32.1 Å². The van der Waals surface area contributed by atoms with Crippen LogP contribution in [0, 0.1) is 13.8 Å². The smallest absolute Gasteiger partial charge is 0.185 e. The van der Waals surface area contributed by atoms with Gasteiger partial charge in [0.05, 0.1) is 33.1 Å². The molecule has 9 nitrogen and oxygen atoms in total. The minimum Gasteiger partial charge on any atom is -0.507 e. The first-order chi connectivity index (χ1) is 16.3. The molecule has 0 spiro atoms. The van der Waals surface area contributed by atoms with Crippen molar-refractivity contribution in [1.82, 2.24) is 9.78 Å². The molecule has 0 amide bonds. The van der Waals surface area contributed by atoms with E-state index < -0.39 is 26.8 Å². The predicted molar refractivity (Wildman–Crippen MR) is 126 cm³/mol. The monoisotopic (exact) mass is 494 g/mol. The highest BCUT2D eigenvalue weighted by atomic mass is 32.2. The number of rotatable bonds is 3. The van der Waals surface area contributed by atoms with E-state index in [-0.39, 0.29) is 44.6 Å². The van der Waals surface area contributed by atoms with Crippen LogP contribution in [0.5, 0.6) is 17.2 Å². The van der Waals surface area contributed by atoms with Crippen LogP contribution in [0.4, 0.5) is 0 Å². The molecule has 5 rings (SSSR count). The lowest BCUT2D eigenvalue weighted by atomic mass is 9.71. The molecule has 2 aromatic carbocycles. The Balaban J connectivity index is 1.74. The van der Waals surface area contributed by atoms with Crippen LogP contribution >= 0.6 is 0 Å². The molecule has 0 bridgehead atoms. The molecule has 0 saturated carbocycles. The highest BCUT2D eigenvalue weighted by Gasteiger charge is 2.55. The molecule has 10 heteroatoms. The summed E-state index contributed by atoms with van der Waals surface area (Å²) >= 11 is 0. The Bertz CT molecular complexity index is 1630. The molecule has 3 aromatic rings. The van der Waals surface area contributed by atoms with Gasteiger partial charge in [-0.05, 0) is 52.0 Å². The standard InChI is InChI=1S/C25H22N2O7S/c1-11-21(29)19(13(3)28)23-20(22(11)30)25(4)17(34-23)10-16-18(24(25)31)12(2)26-27(16)14-6-8-15(9-7-14)35(5,32)33/h6-10,29-30H,1-5H3/t25-/m0/s1. The van der Waals surface area contributed by atoms with Crippen molar-refractivity contribution in [1.29, 1.82) is 0 Å². The van der Waals surface area contributed by atoms with Gasteiger partial charge in [-0.1, -0.05) is 0 Å². The van der Waals surface area contributed by atoms with Gasteiger partial charge in [-0.15, -0.1) is 0 Å². The van der Waals surface area contributed by atoms with Gasteiger partial charge in [-0.25, -0.2) is 13.1 Å². The molecule has 0 fully saturated rings. The average molecular weight is 495 g/mol. The summed E-state index contributed by atoms with van der Waals surface area (Å²) in [4.78, 5) is 26.5. The Labute approximate surface area is 201 Å². The largest absolute Gasteiger partial charge is 0.507 e. The number of sulfone groups is 1. The summed E-state index contributed by atoms with van der Waals surface area (Å²) < 4.78 is 31.2. The van der Waals surface area contributed by atoms with E-state index in [1.807, 2.05) is 0 Å². The molecule has 1 aliphatic heterocycles. The Morgan fingerprint density at radius 1 is 1.11 bits per heavy atom. The Hall–Kier alpha value is -3.92. The van der Waals surface area contributed by atoms with Crippen molar-refractivity contribution in [2.24, 2.45) is 0 Å². The van der Waals surface area contributed by atoms with Crippen molar-refractivity contribution in [3.8, 4) is 22.9 Å².